The number of hydrogen-bond donors (Lipinski definition) is 1. The molecule has 0 aliphatic rings. The fourth-order valence-corrected chi connectivity index (χ4v) is 3.96. The van der Waals surface area contributed by atoms with Crippen molar-refractivity contribution < 1.29 is 17.6 Å². The van der Waals surface area contributed by atoms with Crippen molar-refractivity contribution >= 4 is 11.6 Å². The molecular weight excluding hydrogens is 479 g/mol. The summed E-state index contributed by atoms with van der Waals surface area (Å²) < 4.78 is 47.6. The molecule has 36 heavy (non-hydrogen) atoms. The molecule has 0 amide bonds. The van der Waals surface area contributed by atoms with Gasteiger partial charge in [-0.25, -0.2) is 23.8 Å². The van der Waals surface area contributed by atoms with E-state index in [4.69, 9.17) is 5.73 Å². The van der Waals surface area contributed by atoms with Gasteiger partial charge in [-0.05, 0) is 13.0 Å². The van der Waals surface area contributed by atoms with Crippen LogP contribution in [0.25, 0.3) is 28.0 Å². The van der Waals surface area contributed by atoms with E-state index in [0.717, 1.165) is 9.08 Å². The molecular formula is C23H18F3N7O3. The molecule has 0 fully saturated rings. The molecule has 0 bridgehead atoms. The van der Waals surface area contributed by atoms with E-state index in [9.17, 15) is 22.8 Å². The summed E-state index contributed by atoms with van der Waals surface area (Å²) in [5, 5.41) is 4.32. The highest BCUT2D eigenvalue weighted by Crippen LogP contribution is 2.34. The second-order valence-corrected chi connectivity index (χ2v) is 7.83. The monoisotopic (exact) mass is 497 g/mol. The number of halogens is 3. The molecule has 5 aromatic rings. The molecule has 4 heterocycles. The van der Waals surface area contributed by atoms with E-state index in [1.54, 1.807) is 43.5 Å². The first-order valence-electron chi connectivity index (χ1n) is 10.7. The number of benzene rings is 1. The summed E-state index contributed by atoms with van der Waals surface area (Å²) in [6.45, 7) is 1.58. The minimum absolute atomic E-state index is 0.0599. The lowest BCUT2D eigenvalue weighted by atomic mass is 10.0. The number of nitrogens with zero attached hydrogens (tertiary/aromatic N) is 6. The summed E-state index contributed by atoms with van der Waals surface area (Å²) in [7, 11) is 0. The summed E-state index contributed by atoms with van der Waals surface area (Å²) in [4.78, 5) is 33.4. The second-order valence-electron chi connectivity index (χ2n) is 7.83. The molecule has 184 valence electrons. The standard InChI is InChI=1S/C23H18F3N7O3/c1-2-31-10-14(8-9-16(31)34)17-18(13-6-4-3-5-7-13)29-21(27)33-20(17)30-32(22(33)35)11-15-19(23(24,25)26)36-12-28-15/h3-10,12H,2,11H2,1H3,(H2,27,29). The van der Waals surface area contributed by atoms with Gasteiger partial charge in [-0.2, -0.15) is 13.2 Å². The number of alkyl halides is 3. The molecule has 0 aliphatic carbocycles. The van der Waals surface area contributed by atoms with Crippen LogP contribution in [0.5, 0.6) is 0 Å². The SMILES string of the molecule is CCn1cc(-c2c(-c3ccccc3)nc(N)n3c(=O)n(Cc4ncoc4C(F)(F)F)nc23)ccc1=O. The van der Waals surface area contributed by atoms with Crippen LogP contribution in [-0.4, -0.2) is 28.7 Å². The summed E-state index contributed by atoms with van der Waals surface area (Å²) in [5.74, 6) is -1.53. The number of aromatic nitrogens is 6. The predicted octanol–water partition coefficient (Wildman–Crippen LogP) is 3.04. The molecule has 5 rings (SSSR count). The maximum Gasteiger partial charge on any atom is 0.451 e. The lowest BCUT2D eigenvalue weighted by Gasteiger charge is -2.13. The topological polar surface area (TPSA) is 126 Å². The third-order valence-corrected chi connectivity index (χ3v) is 5.61. The van der Waals surface area contributed by atoms with E-state index in [1.807, 2.05) is 6.07 Å². The summed E-state index contributed by atoms with van der Waals surface area (Å²) >= 11 is 0. The van der Waals surface area contributed by atoms with E-state index in [-0.39, 0.29) is 17.2 Å². The van der Waals surface area contributed by atoms with Gasteiger partial charge in [0.05, 0.1) is 17.8 Å². The van der Waals surface area contributed by atoms with Crippen LogP contribution in [0.3, 0.4) is 0 Å². The Hall–Kier alpha value is -4.68. The Kier molecular flexibility index (Phi) is 5.46. The molecule has 13 heteroatoms. The first-order chi connectivity index (χ1) is 17.2. The van der Waals surface area contributed by atoms with E-state index in [0.29, 0.717) is 35.3 Å². The van der Waals surface area contributed by atoms with E-state index in [1.165, 1.54) is 10.6 Å². The molecule has 0 radical (unpaired) electrons. The van der Waals surface area contributed by atoms with Crippen molar-refractivity contribution in [3.05, 3.63) is 87.3 Å². The molecule has 0 atom stereocenters. The molecule has 2 N–H and O–H groups in total. The number of aryl methyl sites for hydroxylation is 1. The largest absolute Gasteiger partial charge is 0.451 e. The molecule has 1 aromatic carbocycles. The van der Waals surface area contributed by atoms with Gasteiger partial charge in [-0.1, -0.05) is 30.3 Å². The zero-order valence-electron chi connectivity index (χ0n) is 18.7. The van der Waals surface area contributed by atoms with E-state index >= 15 is 0 Å². The Morgan fingerprint density at radius 1 is 1.06 bits per heavy atom. The van der Waals surface area contributed by atoms with Crippen LogP contribution >= 0.6 is 0 Å². The van der Waals surface area contributed by atoms with Gasteiger partial charge in [-0.3, -0.25) is 4.79 Å². The highest BCUT2D eigenvalue weighted by molar-refractivity contribution is 5.90. The fraction of sp³-hybridized carbons (Fsp3) is 0.174. The Morgan fingerprint density at radius 2 is 1.81 bits per heavy atom. The first-order valence-corrected chi connectivity index (χ1v) is 10.7. The van der Waals surface area contributed by atoms with Crippen molar-refractivity contribution in [3.8, 4) is 22.4 Å². The van der Waals surface area contributed by atoms with Crippen molar-refractivity contribution in [2.24, 2.45) is 0 Å². The van der Waals surface area contributed by atoms with Crippen molar-refractivity contribution in [1.82, 2.24) is 28.7 Å². The van der Waals surface area contributed by atoms with Gasteiger partial charge >= 0.3 is 11.9 Å². The maximum absolute atomic E-state index is 13.3. The summed E-state index contributed by atoms with van der Waals surface area (Å²) in [6, 6.07) is 11.9. The highest BCUT2D eigenvalue weighted by Gasteiger charge is 2.38. The minimum atomic E-state index is -4.80. The quantitative estimate of drug-likeness (QED) is 0.396. The lowest BCUT2D eigenvalue weighted by Crippen LogP contribution is -2.24. The van der Waals surface area contributed by atoms with Crippen LogP contribution in [-0.2, 0) is 19.3 Å². The van der Waals surface area contributed by atoms with Crippen LogP contribution < -0.4 is 17.0 Å². The minimum Gasteiger partial charge on any atom is -0.439 e. The maximum atomic E-state index is 13.3. The average molecular weight is 497 g/mol. The first kappa shape index (κ1) is 23.1. The number of rotatable bonds is 5. The van der Waals surface area contributed by atoms with Gasteiger partial charge in [0.15, 0.2) is 12.0 Å². The van der Waals surface area contributed by atoms with Crippen LogP contribution in [0.1, 0.15) is 18.4 Å². The Bertz CT molecular complexity index is 1700. The number of nitrogen functional groups attached to an aromatic ring is 1. The van der Waals surface area contributed by atoms with Gasteiger partial charge in [0.25, 0.3) is 5.56 Å². The Balaban J connectivity index is 1.80. The third kappa shape index (κ3) is 3.83. The van der Waals surface area contributed by atoms with Crippen molar-refractivity contribution in [2.75, 3.05) is 5.73 Å². The van der Waals surface area contributed by atoms with Crippen LogP contribution in [0.15, 0.2) is 69.1 Å². The lowest BCUT2D eigenvalue weighted by molar-refractivity contribution is -0.153. The third-order valence-electron chi connectivity index (χ3n) is 5.61. The van der Waals surface area contributed by atoms with E-state index < -0.39 is 29.9 Å². The highest BCUT2D eigenvalue weighted by atomic mass is 19.4. The summed E-state index contributed by atoms with van der Waals surface area (Å²) in [5.41, 5.74) is 6.59. The van der Waals surface area contributed by atoms with Crippen molar-refractivity contribution in [2.45, 2.75) is 26.2 Å². The smallest absolute Gasteiger partial charge is 0.439 e. The predicted molar refractivity (Wildman–Crippen MR) is 123 cm³/mol. The molecule has 10 nitrogen and oxygen atoms in total. The van der Waals surface area contributed by atoms with Crippen LogP contribution in [0.4, 0.5) is 19.1 Å². The van der Waals surface area contributed by atoms with Gasteiger partial charge in [0.2, 0.25) is 11.7 Å². The molecule has 0 unspecified atom stereocenters. The van der Waals surface area contributed by atoms with Gasteiger partial charge in [-0.15, -0.1) is 5.10 Å². The van der Waals surface area contributed by atoms with Gasteiger partial charge in [0.1, 0.15) is 5.69 Å². The van der Waals surface area contributed by atoms with Crippen LogP contribution in [0, 0.1) is 0 Å². The second kappa shape index (κ2) is 8.52. The number of hydrogen-bond acceptors (Lipinski definition) is 7. The van der Waals surface area contributed by atoms with Gasteiger partial charge < -0.3 is 14.7 Å². The molecule has 0 spiro atoms. The number of pyridine rings is 1. The number of fused-ring (bicyclic) bond motifs is 1. The number of anilines is 1. The fourth-order valence-electron chi connectivity index (χ4n) is 3.96. The molecule has 0 saturated carbocycles. The molecule has 0 aliphatic heterocycles. The molecule has 0 saturated heterocycles. The van der Waals surface area contributed by atoms with Crippen LogP contribution in [0.2, 0.25) is 0 Å². The van der Waals surface area contributed by atoms with Gasteiger partial charge in [0, 0.05) is 29.9 Å². The zero-order chi connectivity index (χ0) is 25.6. The molecule has 4 aromatic heterocycles. The van der Waals surface area contributed by atoms with E-state index in [2.05, 4.69) is 19.5 Å². The summed E-state index contributed by atoms with van der Waals surface area (Å²) in [6.07, 6.45) is -2.54. The van der Waals surface area contributed by atoms with Crippen molar-refractivity contribution in [1.29, 1.82) is 0 Å². The average Bonchev–Trinajstić information content (AvgIpc) is 3.45. The number of oxazole rings is 1. The normalized spacial score (nSPS) is 11.9. The van der Waals surface area contributed by atoms with Crippen molar-refractivity contribution in [3.63, 3.8) is 0 Å². The Labute approximate surface area is 200 Å². The Morgan fingerprint density at radius 3 is 2.50 bits per heavy atom. The zero-order valence-corrected chi connectivity index (χ0v) is 18.7. The number of nitrogens with two attached hydrogens (primary N) is 1.